The van der Waals surface area contributed by atoms with Gasteiger partial charge in [0.15, 0.2) is 0 Å². The monoisotopic (exact) mass is 358 g/mol. The number of benzene rings is 2. The van der Waals surface area contributed by atoms with Crippen LogP contribution >= 0.6 is 11.6 Å². The van der Waals surface area contributed by atoms with Gasteiger partial charge in [0.2, 0.25) is 0 Å². The van der Waals surface area contributed by atoms with E-state index in [1.807, 2.05) is 6.92 Å². The third-order valence-electron chi connectivity index (χ3n) is 3.76. The number of ether oxygens (including phenoxy) is 2. The molecule has 1 aromatic heterocycles. The van der Waals surface area contributed by atoms with Crippen molar-refractivity contribution >= 4 is 28.5 Å². The molecule has 0 atom stereocenters. The Morgan fingerprint density at radius 3 is 2.56 bits per heavy atom. The Balaban J connectivity index is 2.11. The summed E-state index contributed by atoms with van der Waals surface area (Å²) in [5, 5.41) is 1.27. The minimum absolute atomic E-state index is 0.142. The molecule has 3 aromatic rings. The normalized spacial score (nSPS) is 10.8. The highest BCUT2D eigenvalue weighted by Crippen LogP contribution is 2.29. The first-order valence-electron chi connectivity index (χ1n) is 7.52. The summed E-state index contributed by atoms with van der Waals surface area (Å²) < 4.78 is 15.4. The second-order valence-corrected chi connectivity index (χ2v) is 5.90. The number of carbonyl (C=O) groups excluding carboxylic acids is 1. The molecule has 0 aliphatic carbocycles. The van der Waals surface area contributed by atoms with Gasteiger partial charge in [-0.1, -0.05) is 23.7 Å². The fraction of sp³-hybridized carbons (Fsp3) is 0.158. The molecule has 0 N–H and O–H groups in total. The lowest BCUT2D eigenvalue weighted by molar-refractivity contribution is -0.138. The van der Waals surface area contributed by atoms with E-state index < -0.39 is 11.6 Å². The summed E-state index contributed by atoms with van der Waals surface area (Å²) in [6.07, 6.45) is 0. The Labute approximate surface area is 148 Å². The predicted molar refractivity (Wildman–Crippen MR) is 95.2 cm³/mol. The maximum atomic E-state index is 12.4. The molecule has 6 heteroatoms. The van der Waals surface area contributed by atoms with Gasteiger partial charge in [-0.05, 0) is 48.4 Å². The minimum Gasteiger partial charge on any atom is -0.425 e. The van der Waals surface area contributed by atoms with Gasteiger partial charge in [-0.3, -0.25) is 0 Å². The van der Waals surface area contributed by atoms with E-state index in [9.17, 15) is 9.59 Å². The number of methoxy groups -OCH3 is 1. The van der Waals surface area contributed by atoms with E-state index in [1.165, 1.54) is 7.11 Å². The molecule has 0 aliphatic heterocycles. The Kier molecular flexibility index (Phi) is 4.88. The number of hydrogen-bond donors (Lipinski definition) is 0. The molecule has 0 fully saturated rings. The summed E-state index contributed by atoms with van der Waals surface area (Å²) >= 11 is 5.91. The summed E-state index contributed by atoms with van der Waals surface area (Å²) in [5.74, 6) is -0.150. The molecule has 0 amide bonds. The topological polar surface area (TPSA) is 65.7 Å². The average Bonchev–Trinajstić information content (AvgIpc) is 2.57. The van der Waals surface area contributed by atoms with Gasteiger partial charge in [0.05, 0.1) is 5.56 Å². The number of halogens is 1. The number of hydrogen-bond acceptors (Lipinski definition) is 5. The minimum atomic E-state index is -0.505. The van der Waals surface area contributed by atoms with Crippen molar-refractivity contribution in [2.75, 3.05) is 13.7 Å². The van der Waals surface area contributed by atoms with Crippen molar-refractivity contribution in [1.82, 2.24) is 0 Å². The van der Waals surface area contributed by atoms with Crippen molar-refractivity contribution in [3.8, 4) is 16.9 Å². The fourth-order valence-electron chi connectivity index (χ4n) is 2.62. The SMILES string of the molecule is COCC(=O)Oc1ccc2oc(=O)c(-c3ccc(Cl)cc3)c(C)c2c1. The molecule has 0 unspecified atom stereocenters. The van der Waals surface area contributed by atoms with Crippen LogP contribution in [-0.4, -0.2) is 19.7 Å². The Bertz CT molecular complexity index is 989. The quantitative estimate of drug-likeness (QED) is 0.401. The van der Waals surface area contributed by atoms with E-state index in [0.717, 1.165) is 5.56 Å². The third-order valence-corrected chi connectivity index (χ3v) is 4.02. The summed E-state index contributed by atoms with van der Waals surface area (Å²) in [7, 11) is 1.42. The van der Waals surface area contributed by atoms with Crippen molar-refractivity contribution in [3.63, 3.8) is 0 Å². The van der Waals surface area contributed by atoms with Crippen LogP contribution in [-0.2, 0) is 9.53 Å². The molecular weight excluding hydrogens is 344 g/mol. The number of rotatable bonds is 4. The molecule has 0 spiro atoms. The van der Waals surface area contributed by atoms with Crippen LogP contribution in [0, 0.1) is 6.92 Å². The van der Waals surface area contributed by atoms with Gasteiger partial charge >= 0.3 is 11.6 Å². The number of carbonyl (C=O) groups is 1. The molecule has 0 saturated carbocycles. The van der Waals surface area contributed by atoms with Gasteiger partial charge in [-0.15, -0.1) is 0 Å². The first-order chi connectivity index (χ1) is 12.0. The van der Waals surface area contributed by atoms with Gasteiger partial charge in [-0.25, -0.2) is 9.59 Å². The first kappa shape index (κ1) is 17.2. The maximum absolute atomic E-state index is 12.4. The smallest absolute Gasteiger partial charge is 0.344 e. The highest BCUT2D eigenvalue weighted by atomic mass is 35.5. The van der Waals surface area contributed by atoms with E-state index >= 15 is 0 Å². The Morgan fingerprint density at radius 1 is 1.16 bits per heavy atom. The summed E-state index contributed by atoms with van der Waals surface area (Å²) in [4.78, 5) is 24.0. The molecule has 3 rings (SSSR count). The Hall–Kier alpha value is -2.63. The van der Waals surface area contributed by atoms with Gasteiger partial charge in [0.25, 0.3) is 0 Å². The molecule has 128 valence electrons. The molecule has 0 radical (unpaired) electrons. The summed E-state index contributed by atoms with van der Waals surface area (Å²) in [6, 6.07) is 11.8. The summed E-state index contributed by atoms with van der Waals surface area (Å²) in [6.45, 7) is 1.68. The zero-order valence-corrected chi connectivity index (χ0v) is 14.4. The largest absolute Gasteiger partial charge is 0.425 e. The van der Waals surface area contributed by atoms with Crippen LogP contribution in [0.25, 0.3) is 22.1 Å². The highest BCUT2D eigenvalue weighted by molar-refractivity contribution is 6.30. The van der Waals surface area contributed by atoms with E-state index in [-0.39, 0.29) is 6.61 Å². The number of fused-ring (bicyclic) bond motifs is 1. The van der Waals surface area contributed by atoms with Gasteiger partial charge < -0.3 is 13.9 Å². The molecule has 0 bridgehead atoms. The number of aryl methyl sites for hydroxylation is 1. The van der Waals surface area contributed by atoms with Crippen LogP contribution in [0.1, 0.15) is 5.56 Å². The number of esters is 1. The maximum Gasteiger partial charge on any atom is 0.344 e. The van der Waals surface area contributed by atoms with E-state index in [0.29, 0.717) is 32.9 Å². The first-order valence-corrected chi connectivity index (χ1v) is 7.90. The van der Waals surface area contributed by atoms with Crippen LogP contribution in [0.4, 0.5) is 0 Å². The molecule has 2 aromatic carbocycles. The zero-order chi connectivity index (χ0) is 18.0. The van der Waals surface area contributed by atoms with Crippen LogP contribution in [0.15, 0.2) is 51.7 Å². The molecule has 0 aliphatic rings. The molecule has 25 heavy (non-hydrogen) atoms. The van der Waals surface area contributed by atoms with Crippen LogP contribution < -0.4 is 10.4 Å². The van der Waals surface area contributed by atoms with E-state index in [2.05, 4.69) is 0 Å². The predicted octanol–water partition coefficient (Wildman–Crippen LogP) is 3.97. The van der Waals surface area contributed by atoms with Crippen molar-refractivity contribution < 1.29 is 18.7 Å². The lowest BCUT2D eigenvalue weighted by Gasteiger charge is -2.10. The highest BCUT2D eigenvalue weighted by Gasteiger charge is 2.15. The zero-order valence-electron chi connectivity index (χ0n) is 13.7. The lowest BCUT2D eigenvalue weighted by Crippen LogP contribution is -2.14. The van der Waals surface area contributed by atoms with E-state index in [1.54, 1.807) is 42.5 Å². The second kappa shape index (κ2) is 7.09. The average molecular weight is 359 g/mol. The fourth-order valence-corrected chi connectivity index (χ4v) is 2.75. The van der Waals surface area contributed by atoms with Crippen molar-refractivity contribution in [2.45, 2.75) is 6.92 Å². The summed E-state index contributed by atoms with van der Waals surface area (Å²) in [5.41, 5.74) is 1.88. The molecular formula is C19H15ClO5. The van der Waals surface area contributed by atoms with Crippen LogP contribution in [0.5, 0.6) is 5.75 Å². The van der Waals surface area contributed by atoms with Crippen molar-refractivity contribution in [2.24, 2.45) is 0 Å². The standard InChI is InChI=1S/C19H15ClO5/c1-11-15-9-14(24-17(21)10-23-2)7-8-16(15)25-19(22)18(11)12-3-5-13(20)6-4-12/h3-9H,10H2,1-2H3. The molecule has 1 heterocycles. The molecule has 0 saturated heterocycles. The lowest BCUT2D eigenvalue weighted by atomic mass is 9.99. The second-order valence-electron chi connectivity index (χ2n) is 5.46. The van der Waals surface area contributed by atoms with E-state index in [4.69, 9.17) is 25.5 Å². The van der Waals surface area contributed by atoms with Gasteiger partial charge in [0, 0.05) is 17.5 Å². The van der Waals surface area contributed by atoms with Crippen molar-refractivity contribution in [3.05, 3.63) is 63.5 Å². The Morgan fingerprint density at radius 2 is 1.88 bits per heavy atom. The van der Waals surface area contributed by atoms with Crippen molar-refractivity contribution in [1.29, 1.82) is 0 Å². The third kappa shape index (κ3) is 3.57. The molecule has 5 nitrogen and oxygen atoms in total. The van der Waals surface area contributed by atoms with Gasteiger partial charge in [-0.2, -0.15) is 0 Å². The van der Waals surface area contributed by atoms with Crippen LogP contribution in [0.3, 0.4) is 0 Å². The van der Waals surface area contributed by atoms with Gasteiger partial charge in [0.1, 0.15) is 17.9 Å². The van der Waals surface area contributed by atoms with Crippen LogP contribution in [0.2, 0.25) is 5.02 Å².